The number of sulfonamides is 1. The van der Waals surface area contributed by atoms with E-state index in [-0.39, 0.29) is 28.6 Å². The Hall–Kier alpha value is -1.58. The van der Waals surface area contributed by atoms with Crippen LogP contribution >= 0.6 is 0 Å². The van der Waals surface area contributed by atoms with Crippen molar-refractivity contribution in [2.75, 3.05) is 19.7 Å². The molecular weight excluding hydrogens is 396 g/mol. The van der Waals surface area contributed by atoms with Gasteiger partial charge in [0.15, 0.2) is 0 Å². The monoisotopic (exact) mass is 429 g/mol. The van der Waals surface area contributed by atoms with Crippen LogP contribution in [-0.4, -0.2) is 48.0 Å². The van der Waals surface area contributed by atoms with Gasteiger partial charge in [-0.1, -0.05) is 20.8 Å². The van der Waals surface area contributed by atoms with Gasteiger partial charge in [0.25, 0.3) is 14.9 Å². The van der Waals surface area contributed by atoms with E-state index in [0.29, 0.717) is 18.7 Å². The number of benzene rings is 1. The van der Waals surface area contributed by atoms with Gasteiger partial charge in [0.1, 0.15) is 22.0 Å². The lowest BCUT2D eigenvalue weighted by atomic mass is 9.85. The second-order valence-electron chi connectivity index (χ2n) is 7.67. The molecule has 0 saturated carbocycles. The lowest BCUT2D eigenvalue weighted by molar-refractivity contribution is 0.0764. The van der Waals surface area contributed by atoms with Crippen molar-refractivity contribution in [3.63, 3.8) is 0 Å². The average Bonchev–Trinajstić information content (AvgIpc) is 2.54. The van der Waals surface area contributed by atoms with Gasteiger partial charge in [-0.3, -0.25) is 4.79 Å². The molecule has 0 aliphatic rings. The maximum atomic E-state index is 13.2. The van der Waals surface area contributed by atoms with E-state index < -0.39 is 30.4 Å². The molecule has 0 heterocycles. The number of nitrogens with two attached hydrogens (primary N) is 1. The topological polar surface area (TPSA) is 98.9 Å². The van der Waals surface area contributed by atoms with Crippen LogP contribution in [-0.2, 0) is 15.4 Å². The van der Waals surface area contributed by atoms with Crippen LogP contribution in [0.4, 0.5) is 0 Å². The standard InChI is InChI=1S/C19H33N2O5SSi/c1-9-21(10-2)18(22)15-14(25-11-3)12-13(19(4,5)6)16(26-28(7)8)17(15)27(20,23)24/h12H,9-11H2,1-8H3,(H2,20,23,24). The molecule has 0 fully saturated rings. The summed E-state index contributed by atoms with van der Waals surface area (Å²) in [5.74, 6) is -0.0710. The minimum atomic E-state index is -4.26. The highest BCUT2D eigenvalue weighted by molar-refractivity contribution is 7.89. The third kappa shape index (κ3) is 5.48. The lowest BCUT2D eigenvalue weighted by Crippen LogP contribution is -2.34. The number of hydrogen-bond donors (Lipinski definition) is 1. The Balaban J connectivity index is 4.13. The maximum Gasteiger partial charge on any atom is 0.274 e. The smallest absolute Gasteiger partial charge is 0.274 e. The van der Waals surface area contributed by atoms with Crippen molar-refractivity contribution in [3.05, 3.63) is 17.2 Å². The highest BCUT2D eigenvalue weighted by Crippen LogP contribution is 2.43. The zero-order valence-corrected chi connectivity index (χ0v) is 20.0. The Kier molecular flexibility index (Phi) is 8.10. The summed E-state index contributed by atoms with van der Waals surface area (Å²) in [5, 5.41) is 5.61. The second kappa shape index (κ2) is 9.28. The predicted octanol–water partition coefficient (Wildman–Crippen LogP) is 3.14. The van der Waals surface area contributed by atoms with Crippen LogP contribution < -0.4 is 14.3 Å². The highest BCUT2D eigenvalue weighted by atomic mass is 32.2. The van der Waals surface area contributed by atoms with E-state index in [2.05, 4.69) is 0 Å². The Morgan fingerprint density at radius 1 is 1.18 bits per heavy atom. The number of ether oxygens (including phenoxy) is 1. The zero-order valence-electron chi connectivity index (χ0n) is 18.2. The summed E-state index contributed by atoms with van der Waals surface area (Å²) in [5.41, 5.74) is 0.135. The number of rotatable bonds is 8. The molecule has 0 aliphatic heterocycles. The van der Waals surface area contributed by atoms with E-state index in [4.69, 9.17) is 14.3 Å². The first-order valence-corrected chi connectivity index (χ1v) is 13.4. The summed E-state index contributed by atoms with van der Waals surface area (Å²) < 4.78 is 37.1. The van der Waals surface area contributed by atoms with Crippen molar-refractivity contribution in [2.45, 2.75) is 64.9 Å². The van der Waals surface area contributed by atoms with Gasteiger partial charge in [0.05, 0.1) is 6.61 Å². The largest absolute Gasteiger partial charge is 0.541 e. The summed E-state index contributed by atoms with van der Waals surface area (Å²) in [4.78, 5) is 14.5. The van der Waals surface area contributed by atoms with Crippen molar-refractivity contribution < 1.29 is 22.4 Å². The number of amides is 1. The minimum absolute atomic E-state index is 0.0562. The number of nitrogens with zero attached hydrogens (tertiary/aromatic N) is 1. The molecule has 0 aromatic heterocycles. The molecule has 1 amide bonds. The SMILES string of the molecule is CCOc1cc(C(C)(C)C)c(O[Si](C)C)c(S(N)(=O)=O)c1C(=O)N(CC)CC. The molecule has 159 valence electrons. The lowest BCUT2D eigenvalue weighted by Gasteiger charge is -2.29. The molecule has 0 aliphatic carbocycles. The fraction of sp³-hybridized carbons (Fsp3) is 0.632. The molecule has 1 radical (unpaired) electrons. The molecule has 28 heavy (non-hydrogen) atoms. The van der Waals surface area contributed by atoms with Gasteiger partial charge in [-0.2, -0.15) is 0 Å². The van der Waals surface area contributed by atoms with E-state index >= 15 is 0 Å². The van der Waals surface area contributed by atoms with Crippen LogP contribution in [0.25, 0.3) is 0 Å². The third-order valence-corrected chi connectivity index (χ3v) is 5.73. The summed E-state index contributed by atoms with van der Waals surface area (Å²) in [6, 6.07) is 1.72. The van der Waals surface area contributed by atoms with E-state index in [1.807, 2.05) is 47.7 Å². The van der Waals surface area contributed by atoms with Gasteiger partial charge in [0, 0.05) is 18.7 Å². The van der Waals surface area contributed by atoms with Crippen molar-refractivity contribution >= 4 is 25.0 Å². The number of carbonyl (C=O) groups is 1. The Morgan fingerprint density at radius 2 is 1.71 bits per heavy atom. The second-order valence-corrected chi connectivity index (χ2v) is 11.2. The molecule has 1 aromatic carbocycles. The van der Waals surface area contributed by atoms with Crippen molar-refractivity contribution in [3.8, 4) is 11.5 Å². The molecule has 2 N–H and O–H groups in total. The van der Waals surface area contributed by atoms with E-state index in [9.17, 15) is 13.2 Å². The van der Waals surface area contributed by atoms with Crippen LogP contribution in [0.5, 0.6) is 11.5 Å². The molecule has 7 nitrogen and oxygen atoms in total. The minimum Gasteiger partial charge on any atom is -0.541 e. The first kappa shape index (κ1) is 24.5. The fourth-order valence-electron chi connectivity index (χ4n) is 2.89. The van der Waals surface area contributed by atoms with Crippen molar-refractivity contribution in [2.24, 2.45) is 5.14 Å². The van der Waals surface area contributed by atoms with Gasteiger partial charge in [-0.15, -0.1) is 0 Å². The summed E-state index contributed by atoms with van der Waals surface area (Å²) in [6.07, 6.45) is 0. The van der Waals surface area contributed by atoms with E-state index in [1.54, 1.807) is 13.0 Å². The molecule has 1 aromatic rings. The number of carbonyl (C=O) groups excluding carboxylic acids is 1. The van der Waals surface area contributed by atoms with Crippen LogP contribution in [0.15, 0.2) is 11.0 Å². The van der Waals surface area contributed by atoms with Crippen LogP contribution in [0.2, 0.25) is 13.1 Å². The fourth-order valence-corrected chi connectivity index (χ4v) is 4.47. The first-order chi connectivity index (χ1) is 12.8. The molecule has 0 bridgehead atoms. The van der Waals surface area contributed by atoms with Gasteiger partial charge in [-0.05, 0) is 45.3 Å². The summed E-state index contributed by atoms with van der Waals surface area (Å²) in [7, 11) is -5.60. The molecule has 9 heteroatoms. The van der Waals surface area contributed by atoms with E-state index in [1.165, 1.54) is 4.90 Å². The molecule has 1 rings (SSSR count). The average molecular weight is 430 g/mol. The van der Waals surface area contributed by atoms with Gasteiger partial charge in [0.2, 0.25) is 10.0 Å². The molecule has 0 spiro atoms. The Morgan fingerprint density at radius 3 is 2.07 bits per heavy atom. The van der Waals surface area contributed by atoms with Gasteiger partial charge >= 0.3 is 0 Å². The summed E-state index contributed by atoms with van der Waals surface area (Å²) >= 11 is 0. The van der Waals surface area contributed by atoms with Crippen LogP contribution in [0.1, 0.15) is 57.5 Å². The normalized spacial score (nSPS) is 12.2. The highest BCUT2D eigenvalue weighted by Gasteiger charge is 2.36. The summed E-state index contributed by atoms with van der Waals surface area (Å²) in [6.45, 7) is 16.2. The van der Waals surface area contributed by atoms with Gasteiger partial charge < -0.3 is 14.1 Å². The van der Waals surface area contributed by atoms with Crippen molar-refractivity contribution in [1.29, 1.82) is 0 Å². The van der Waals surface area contributed by atoms with Crippen LogP contribution in [0.3, 0.4) is 0 Å². The quantitative estimate of drug-likeness (QED) is 0.640. The third-order valence-electron chi connectivity index (χ3n) is 4.16. The Labute approximate surface area is 171 Å². The first-order valence-electron chi connectivity index (χ1n) is 9.43. The number of primary sulfonamides is 1. The number of hydrogen-bond acceptors (Lipinski definition) is 5. The van der Waals surface area contributed by atoms with Crippen molar-refractivity contribution in [1.82, 2.24) is 4.90 Å². The van der Waals surface area contributed by atoms with E-state index in [0.717, 1.165) is 0 Å². The Bertz CT molecular complexity index is 813. The predicted molar refractivity (Wildman–Crippen MR) is 113 cm³/mol. The van der Waals surface area contributed by atoms with Gasteiger partial charge in [-0.25, -0.2) is 13.6 Å². The molecule has 0 saturated heterocycles. The zero-order chi connectivity index (χ0) is 21.9. The maximum absolute atomic E-state index is 13.2. The van der Waals surface area contributed by atoms with Crippen LogP contribution in [0, 0.1) is 0 Å². The molecular formula is C19H33N2O5SSi. The molecule has 0 atom stereocenters. The molecule has 0 unspecified atom stereocenters.